The SMILES string of the molecule is CCCc1cnc(N2CCN(C(C)CCOc3ccc(C(C)S(C)(=O)=O)c(Cl)c3)CC2)nc1. The molecule has 0 aliphatic carbocycles. The molecule has 2 aromatic rings. The summed E-state index contributed by atoms with van der Waals surface area (Å²) in [4.78, 5) is 13.8. The molecule has 0 N–H and O–H groups in total. The van der Waals surface area contributed by atoms with Crippen molar-refractivity contribution in [2.45, 2.75) is 51.3 Å². The smallest absolute Gasteiger partial charge is 0.225 e. The van der Waals surface area contributed by atoms with E-state index in [-0.39, 0.29) is 0 Å². The van der Waals surface area contributed by atoms with Gasteiger partial charge in [0, 0.05) is 55.9 Å². The van der Waals surface area contributed by atoms with E-state index < -0.39 is 15.1 Å². The Hall–Kier alpha value is -1.90. The number of ether oxygens (including phenoxy) is 1. The maximum absolute atomic E-state index is 11.8. The number of piperazine rings is 1. The fraction of sp³-hybridized carbons (Fsp3) is 0.583. The molecule has 9 heteroatoms. The van der Waals surface area contributed by atoms with Gasteiger partial charge in [-0.1, -0.05) is 31.0 Å². The van der Waals surface area contributed by atoms with Crippen molar-refractivity contribution >= 4 is 27.4 Å². The number of hydrogen-bond acceptors (Lipinski definition) is 7. The average Bonchev–Trinajstić information content (AvgIpc) is 2.79. The third kappa shape index (κ3) is 7.04. The number of sulfone groups is 1. The Morgan fingerprint density at radius 3 is 2.36 bits per heavy atom. The molecule has 0 saturated carbocycles. The maximum atomic E-state index is 11.8. The Morgan fingerprint density at radius 1 is 1.12 bits per heavy atom. The van der Waals surface area contributed by atoms with Crippen molar-refractivity contribution in [1.82, 2.24) is 14.9 Å². The average molecular weight is 495 g/mol. The summed E-state index contributed by atoms with van der Waals surface area (Å²) in [5, 5.41) is -0.225. The molecule has 33 heavy (non-hydrogen) atoms. The van der Waals surface area contributed by atoms with E-state index in [4.69, 9.17) is 16.3 Å². The number of rotatable bonds is 10. The van der Waals surface area contributed by atoms with Gasteiger partial charge in [-0.25, -0.2) is 18.4 Å². The Balaban J connectivity index is 1.44. The zero-order valence-corrected chi connectivity index (χ0v) is 21.6. The van der Waals surface area contributed by atoms with E-state index in [9.17, 15) is 8.42 Å². The van der Waals surface area contributed by atoms with Crippen molar-refractivity contribution in [3.63, 3.8) is 0 Å². The van der Waals surface area contributed by atoms with E-state index in [1.54, 1.807) is 25.1 Å². The largest absolute Gasteiger partial charge is 0.493 e. The number of anilines is 1. The molecule has 1 fully saturated rings. The van der Waals surface area contributed by atoms with Gasteiger partial charge in [0.15, 0.2) is 9.84 Å². The van der Waals surface area contributed by atoms with Crippen LogP contribution in [0, 0.1) is 0 Å². The van der Waals surface area contributed by atoms with Gasteiger partial charge >= 0.3 is 0 Å². The molecule has 0 amide bonds. The van der Waals surface area contributed by atoms with Crippen LogP contribution in [0.25, 0.3) is 0 Å². The van der Waals surface area contributed by atoms with Gasteiger partial charge < -0.3 is 9.64 Å². The van der Waals surface area contributed by atoms with Crippen LogP contribution in [0.4, 0.5) is 5.95 Å². The third-order valence-electron chi connectivity index (χ3n) is 6.31. The van der Waals surface area contributed by atoms with Crippen molar-refractivity contribution in [2.75, 3.05) is 43.9 Å². The second-order valence-corrected chi connectivity index (χ2v) is 11.6. The Morgan fingerprint density at radius 2 is 1.79 bits per heavy atom. The minimum Gasteiger partial charge on any atom is -0.493 e. The van der Waals surface area contributed by atoms with Crippen molar-refractivity contribution in [1.29, 1.82) is 0 Å². The maximum Gasteiger partial charge on any atom is 0.225 e. The molecule has 3 rings (SSSR count). The summed E-state index contributed by atoms with van der Waals surface area (Å²) in [5.74, 6) is 1.47. The number of nitrogens with zero attached hydrogens (tertiary/aromatic N) is 4. The summed E-state index contributed by atoms with van der Waals surface area (Å²) in [7, 11) is -3.20. The fourth-order valence-electron chi connectivity index (χ4n) is 3.98. The lowest BCUT2D eigenvalue weighted by Crippen LogP contribution is -2.50. The van der Waals surface area contributed by atoms with Gasteiger partial charge in [0.05, 0.1) is 11.9 Å². The zero-order valence-electron chi connectivity index (χ0n) is 20.0. The quantitative estimate of drug-likeness (QED) is 0.490. The van der Waals surface area contributed by atoms with Crippen LogP contribution in [0.2, 0.25) is 5.02 Å². The third-order valence-corrected chi connectivity index (χ3v) is 8.17. The van der Waals surface area contributed by atoms with E-state index >= 15 is 0 Å². The molecule has 1 aliphatic heterocycles. The fourth-order valence-corrected chi connectivity index (χ4v) is 5.05. The zero-order chi connectivity index (χ0) is 24.0. The standard InChI is InChI=1S/C24H35ClN4O3S/c1-5-6-20-16-26-24(27-17-20)29-12-10-28(11-13-29)18(2)9-14-32-21-7-8-22(23(25)15-21)19(3)33(4,30)31/h7-8,15-19H,5-6,9-14H2,1-4H3. The highest BCUT2D eigenvalue weighted by Crippen LogP contribution is 2.31. The first-order chi connectivity index (χ1) is 15.7. The van der Waals surface area contributed by atoms with Gasteiger partial charge in [-0.2, -0.15) is 0 Å². The Bertz CT molecular complexity index is 1010. The Kier molecular flexibility index (Phi) is 8.95. The predicted molar refractivity (Wildman–Crippen MR) is 134 cm³/mol. The van der Waals surface area contributed by atoms with Crippen LogP contribution < -0.4 is 9.64 Å². The van der Waals surface area contributed by atoms with E-state index in [1.807, 2.05) is 12.4 Å². The van der Waals surface area contributed by atoms with E-state index in [1.165, 1.54) is 11.8 Å². The van der Waals surface area contributed by atoms with Gasteiger partial charge in [0.1, 0.15) is 5.75 Å². The van der Waals surface area contributed by atoms with Gasteiger partial charge in [-0.05, 0) is 49.9 Å². The van der Waals surface area contributed by atoms with E-state index in [2.05, 4.69) is 33.6 Å². The Labute approximate surface area is 203 Å². The number of aryl methyl sites for hydroxylation is 1. The molecular weight excluding hydrogens is 460 g/mol. The highest BCUT2D eigenvalue weighted by atomic mass is 35.5. The lowest BCUT2D eigenvalue weighted by Gasteiger charge is -2.38. The van der Waals surface area contributed by atoms with Gasteiger partial charge in [0.25, 0.3) is 0 Å². The molecule has 0 radical (unpaired) electrons. The van der Waals surface area contributed by atoms with Crippen molar-refractivity contribution in [2.24, 2.45) is 0 Å². The molecular formula is C24H35ClN4O3S. The molecule has 0 spiro atoms. The number of aromatic nitrogens is 2. The topological polar surface area (TPSA) is 75.6 Å². The summed E-state index contributed by atoms with van der Waals surface area (Å²) >= 11 is 6.31. The van der Waals surface area contributed by atoms with Crippen LogP contribution in [-0.4, -0.2) is 68.4 Å². The first-order valence-corrected chi connectivity index (χ1v) is 13.9. The second kappa shape index (κ2) is 11.5. The van der Waals surface area contributed by atoms with Crippen LogP contribution in [0.1, 0.15) is 50.0 Å². The normalized spacial score (nSPS) is 17.1. The highest BCUT2D eigenvalue weighted by molar-refractivity contribution is 7.90. The number of hydrogen-bond donors (Lipinski definition) is 0. The lowest BCUT2D eigenvalue weighted by atomic mass is 10.1. The first kappa shape index (κ1) is 25.7. The van der Waals surface area contributed by atoms with Crippen molar-refractivity contribution in [3.8, 4) is 5.75 Å². The molecule has 1 aliphatic rings. The summed E-state index contributed by atoms with van der Waals surface area (Å²) in [6.07, 6.45) is 8.11. The molecule has 2 atom stereocenters. The summed E-state index contributed by atoms with van der Waals surface area (Å²) in [6.45, 7) is 10.3. The molecule has 1 aromatic heterocycles. The minimum absolute atomic E-state index is 0.389. The monoisotopic (exact) mass is 494 g/mol. The predicted octanol–water partition coefficient (Wildman–Crippen LogP) is 4.17. The molecule has 1 aromatic carbocycles. The lowest BCUT2D eigenvalue weighted by molar-refractivity contribution is 0.165. The summed E-state index contributed by atoms with van der Waals surface area (Å²) < 4.78 is 29.5. The van der Waals surface area contributed by atoms with Crippen LogP contribution in [0.3, 0.4) is 0 Å². The second-order valence-electron chi connectivity index (χ2n) is 8.81. The van der Waals surface area contributed by atoms with Crippen LogP contribution in [-0.2, 0) is 16.3 Å². The number of benzene rings is 1. The van der Waals surface area contributed by atoms with E-state index in [0.29, 0.717) is 29.0 Å². The molecule has 1 saturated heterocycles. The summed E-state index contributed by atoms with van der Waals surface area (Å²) in [6, 6.07) is 5.62. The summed E-state index contributed by atoms with van der Waals surface area (Å²) in [5.41, 5.74) is 1.79. The molecule has 7 nitrogen and oxygen atoms in total. The molecule has 2 heterocycles. The van der Waals surface area contributed by atoms with Gasteiger partial charge in [-0.3, -0.25) is 4.90 Å². The molecule has 2 unspecified atom stereocenters. The van der Waals surface area contributed by atoms with Crippen LogP contribution in [0.15, 0.2) is 30.6 Å². The molecule has 0 bridgehead atoms. The minimum atomic E-state index is -3.20. The van der Waals surface area contributed by atoms with Crippen LogP contribution in [0.5, 0.6) is 5.75 Å². The number of halogens is 1. The highest BCUT2D eigenvalue weighted by Gasteiger charge is 2.23. The van der Waals surface area contributed by atoms with Crippen molar-refractivity contribution in [3.05, 3.63) is 46.7 Å². The van der Waals surface area contributed by atoms with Gasteiger partial charge in [0.2, 0.25) is 5.95 Å². The van der Waals surface area contributed by atoms with Crippen molar-refractivity contribution < 1.29 is 13.2 Å². The van der Waals surface area contributed by atoms with Crippen LogP contribution >= 0.6 is 11.6 Å². The molecule has 182 valence electrons. The van der Waals surface area contributed by atoms with E-state index in [0.717, 1.165) is 51.4 Å². The van der Waals surface area contributed by atoms with Gasteiger partial charge in [-0.15, -0.1) is 0 Å². The first-order valence-electron chi connectivity index (χ1n) is 11.6.